The molecule has 0 aliphatic heterocycles. The third kappa shape index (κ3) is 5.18. The Kier molecular flexibility index (Phi) is 6.49. The summed E-state index contributed by atoms with van der Waals surface area (Å²) in [5.74, 6) is 0.243. The fourth-order valence-electron chi connectivity index (χ4n) is 2.23. The summed E-state index contributed by atoms with van der Waals surface area (Å²) in [6.45, 7) is 4.02. The molecule has 0 bridgehead atoms. The number of hydrogen-bond acceptors (Lipinski definition) is 6. The molecule has 3 rings (SSSR count). The van der Waals surface area contributed by atoms with Crippen LogP contribution in [0.4, 0.5) is 16.5 Å². The highest BCUT2D eigenvalue weighted by Crippen LogP contribution is 2.28. The van der Waals surface area contributed by atoms with Gasteiger partial charge in [0.05, 0.1) is 5.75 Å². The maximum absolute atomic E-state index is 12.2. The highest BCUT2D eigenvalue weighted by molar-refractivity contribution is 14.1. The smallest absolute Gasteiger partial charge is 0.234 e. The average molecular weight is 496 g/mol. The predicted molar refractivity (Wildman–Crippen MR) is 118 cm³/mol. The molecule has 26 heavy (non-hydrogen) atoms. The fourth-order valence-corrected chi connectivity index (χ4v) is 4.44. The van der Waals surface area contributed by atoms with Gasteiger partial charge in [0.25, 0.3) is 0 Å². The maximum atomic E-state index is 12.2. The van der Waals surface area contributed by atoms with Crippen molar-refractivity contribution in [3.8, 4) is 0 Å². The summed E-state index contributed by atoms with van der Waals surface area (Å²) in [7, 11) is 0. The van der Waals surface area contributed by atoms with E-state index in [1.165, 1.54) is 23.1 Å². The summed E-state index contributed by atoms with van der Waals surface area (Å²) < 4.78 is 1.91. The molecule has 5 nitrogen and oxygen atoms in total. The van der Waals surface area contributed by atoms with Gasteiger partial charge in [0.2, 0.25) is 11.0 Å². The standard InChI is InChI=1S/C18H17IN4OS2/c1-11-5-3-4-6-14(11)21-17-22-23-18(26-17)25-10-16(24)20-15-8-7-13(19)9-12(15)2/h3-9H,10H2,1-2H3,(H,20,24)(H,21,22). The highest BCUT2D eigenvalue weighted by atomic mass is 127. The van der Waals surface area contributed by atoms with Crippen molar-refractivity contribution < 1.29 is 4.79 Å². The molecule has 0 aliphatic rings. The van der Waals surface area contributed by atoms with E-state index < -0.39 is 0 Å². The third-order valence-electron chi connectivity index (χ3n) is 3.58. The quantitative estimate of drug-likeness (QED) is 0.361. The molecule has 1 amide bonds. The first-order valence-corrected chi connectivity index (χ1v) is 10.7. The van der Waals surface area contributed by atoms with Crippen LogP contribution in [0.15, 0.2) is 46.8 Å². The monoisotopic (exact) mass is 496 g/mol. The lowest BCUT2D eigenvalue weighted by atomic mass is 10.2. The minimum Gasteiger partial charge on any atom is -0.330 e. The molecule has 134 valence electrons. The van der Waals surface area contributed by atoms with Gasteiger partial charge < -0.3 is 10.6 Å². The second-order valence-corrected chi connectivity index (χ2v) is 9.05. The first kappa shape index (κ1) is 19.1. The molecule has 0 aliphatic carbocycles. The number of thioether (sulfide) groups is 1. The van der Waals surface area contributed by atoms with Crippen molar-refractivity contribution in [1.29, 1.82) is 0 Å². The van der Waals surface area contributed by atoms with Crippen molar-refractivity contribution in [1.82, 2.24) is 10.2 Å². The number of para-hydroxylation sites is 1. The Bertz CT molecular complexity index is 929. The van der Waals surface area contributed by atoms with E-state index >= 15 is 0 Å². The molecular weight excluding hydrogens is 479 g/mol. The molecule has 2 aromatic carbocycles. The van der Waals surface area contributed by atoms with Crippen molar-refractivity contribution in [2.45, 2.75) is 18.2 Å². The van der Waals surface area contributed by atoms with E-state index in [9.17, 15) is 4.79 Å². The Morgan fingerprint density at radius 3 is 2.69 bits per heavy atom. The number of nitrogens with one attached hydrogen (secondary N) is 2. The molecule has 3 aromatic rings. The molecule has 0 saturated heterocycles. The molecule has 1 heterocycles. The van der Waals surface area contributed by atoms with Gasteiger partial charge >= 0.3 is 0 Å². The van der Waals surface area contributed by atoms with Crippen molar-refractivity contribution in [2.75, 3.05) is 16.4 Å². The van der Waals surface area contributed by atoms with Crippen LogP contribution in [0.2, 0.25) is 0 Å². The van der Waals surface area contributed by atoms with Crippen LogP contribution in [0.3, 0.4) is 0 Å². The van der Waals surface area contributed by atoms with E-state index in [4.69, 9.17) is 0 Å². The Hall–Kier alpha value is -1.65. The molecule has 0 unspecified atom stereocenters. The third-order valence-corrected chi connectivity index (χ3v) is 6.23. The van der Waals surface area contributed by atoms with E-state index in [-0.39, 0.29) is 5.91 Å². The molecule has 0 radical (unpaired) electrons. The molecule has 0 spiro atoms. The van der Waals surface area contributed by atoms with E-state index in [0.717, 1.165) is 35.5 Å². The SMILES string of the molecule is Cc1cc(I)ccc1NC(=O)CSc1nnc(Nc2ccccc2C)s1. The van der Waals surface area contributed by atoms with Crippen molar-refractivity contribution in [3.63, 3.8) is 0 Å². The van der Waals surface area contributed by atoms with Gasteiger partial charge in [-0.1, -0.05) is 41.3 Å². The number of amides is 1. The normalized spacial score (nSPS) is 10.6. The summed E-state index contributed by atoms with van der Waals surface area (Å²) >= 11 is 5.08. The average Bonchev–Trinajstić information content (AvgIpc) is 3.05. The van der Waals surface area contributed by atoms with Crippen molar-refractivity contribution in [3.05, 3.63) is 57.2 Å². The summed E-state index contributed by atoms with van der Waals surface area (Å²) in [6, 6.07) is 14.0. The van der Waals surface area contributed by atoms with Crippen LogP contribution >= 0.6 is 45.7 Å². The second-order valence-electron chi connectivity index (χ2n) is 5.61. The van der Waals surface area contributed by atoms with Gasteiger partial charge in [0.1, 0.15) is 0 Å². The summed E-state index contributed by atoms with van der Waals surface area (Å²) in [4.78, 5) is 12.2. The van der Waals surface area contributed by atoms with Crippen molar-refractivity contribution in [2.24, 2.45) is 0 Å². The number of anilines is 3. The first-order valence-electron chi connectivity index (χ1n) is 7.86. The zero-order chi connectivity index (χ0) is 18.5. The first-order chi connectivity index (χ1) is 12.5. The number of hydrogen-bond donors (Lipinski definition) is 2. The molecule has 0 fully saturated rings. The summed E-state index contributed by atoms with van der Waals surface area (Å²) in [5, 5.41) is 15.2. The topological polar surface area (TPSA) is 66.9 Å². The highest BCUT2D eigenvalue weighted by Gasteiger charge is 2.10. The lowest BCUT2D eigenvalue weighted by Gasteiger charge is -2.08. The summed E-state index contributed by atoms with van der Waals surface area (Å²) in [6.07, 6.45) is 0. The van der Waals surface area contributed by atoms with Crippen LogP contribution in [0.1, 0.15) is 11.1 Å². The van der Waals surface area contributed by atoms with E-state index in [1.54, 1.807) is 0 Å². The number of carbonyl (C=O) groups is 1. The van der Waals surface area contributed by atoms with Crippen LogP contribution in [0, 0.1) is 17.4 Å². The minimum atomic E-state index is -0.0529. The van der Waals surface area contributed by atoms with Gasteiger partial charge in [0.15, 0.2) is 4.34 Å². The van der Waals surface area contributed by atoms with Crippen LogP contribution in [-0.2, 0) is 4.79 Å². The van der Waals surface area contributed by atoms with E-state index in [0.29, 0.717) is 5.75 Å². The number of carbonyl (C=O) groups excluding carboxylic acids is 1. The van der Waals surface area contributed by atoms with Gasteiger partial charge in [-0.2, -0.15) is 0 Å². The zero-order valence-corrected chi connectivity index (χ0v) is 18.0. The molecular formula is C18H17IN4OS2. The van der Waals surface area contributed by atoms with Crippen LogP contribution < -0.4 is 10.6 Å². The van der Waals surface area contributed by atoms with Gasteiger partial charge in [-0.15, -0.1) is 10.2 Å². The number of rotatable bonds is 6. The maximum Gasteiger partial charge on any atom is 0.234 e. The van der Waals surface area contributed by atoms with E-state index in [2.05, 4.69) is 43.4 Å². The zero-order valence-electron chi connectivity index (χ0n) is 14.2. The van der Waals surface area contributed by atoms with Gasteiger partial charge in [-0.25, -0.2) is 0 Å². The Balaban J connectivity index is 1.54. The lowest BCUT2D eigenvalue weighted by molar-refractivity contribution is -0.113. The molecule has 0 saturated carbocycles. The van der Waals surface area contributed by atoms with Gasteiger partial charge in [0, 0.05) is 14.9 Å². The van der Waals surface area contributed by atoms with Crippen molar-refractivity contribution >= 4 is 68.1 Å². The minimum absolute atomic E-state index is 0.0529. The fraction of sp³-hybridized carbons (Fsp3) is 0.167. The molecule has 0 atom stereocenters. The van der Waals surface area contributed by atoms with Crippen LogP contribution in [-0.4, -0.2) is 21.9 Å². The molecule has 2 N–H and O–H groups in total. The van der Waals surface area contributed by atoms with Crippen LogP contribution in [0.5, 0.6) is 0 Å². The number of benzene rings is 2. The van der Waals surface area contributed by atoms with Gasteiger partial charge in [-0.3, -0.25) is 4.79 Å². The summed E-state index contributed by atoms with van der Waals surface area (Å²) in [5.41, 5.74) is 4.04. The van der Waals surface area contributed by atoms with Crippen LogP contribution in [0.25, 0.3) is 0 Å². The molecule has 8 heteroatoms. The number of nitrogens with zero attached hydrogens (tertiary/aromatic N) is 2. The lowest BCUT2D eigenvalue weighted by Crippen LogP contribution is -2.14. The molecule has 1 aromatic heterocycles. The van der Waals surface area contributed by atoms with E-state index in [1.807, 2.05) is 56.3 Å². The number of halogens is 1. The Morgan fingerprint density at radius 2 is 1.92 bits per heavy atom. The number of aromatic nitrogens is 2. The predicted octanol–water partition coefficient (Wildman–Crippen LogP) is 5.23. The second kappa shape index (κ2) is 8.83. The number of aryl methyl sites for hydroxylation is 2. The Morgan fingerprint density at radius 1 is 1.12 bits per heavy atom. The Labute approximate surface area is 174 Å². The van der Waals surface area contributed by atoms with Gasteiger partial charge in [-0.05, 0) is 71.8 Å². The largest absolute Gasteiger partial charge is 0.330 e.